The minimum Gasteiger partial charge on any atom is -0.449 e. The molecule has 0 fully saturated rings. The van der Waals surface area contributed by atoms with Gasteiger partial charge in [-0.05, 0) is 6.07 Å². The van der Waals surface area contributed by atoms with Crippen LogP contribution in [0.15, 0.2) is 33.7 Å². The topological polar surface area (TPSA) is 75.6 Å². The summed E-state index contributed by atoms with van der Waals surface area (Å²) in [4.78, 5) is 16.5. The fourth-order valence-electron chi connectivity index (χ4n) is 2.11. The first-order chi connectivity index (χ1) is 10.8. The van der Waals surface area contributed by atoms with Gasteiger partial charge >= 0.3 is 5.97 Å². The monoisotopic (exact) mass is 332 g/mol. The Balaban J connectivity index is 1.90. The van der Waals surface area contributed by atoms with Crippen LogP contribution in [0.2, 0.25) is 0 Å². The third-order valence-electron chi connectivity index (χ3n) is 3.05. The van der Waals surface area contributed by atoms with Gasteiger partial charge in [0.15, 0.2) is 6.61 Å². The standard InChI is InChI=1S/C15H12N2O3S2/c16-5-7-19-14(18)13-11(9-22-15-17-6-8-21-15)10-3-1-2-4-12(10)20-13/h1-4H,6-9H2. The SMILES string of the molecule is N#CCOC(=O)c1oc2ccccc2c1CSC1=NCCS1. The number of para-hydroxylation sites is 1. The summed E-state index contributed by atoms with van der Waals surface area (Å²) in [7, 11) is 0. The third-order valence-corrected chi connectivity index (χ3v) is 5.33. The van der Waals surface area contributed by atoms with Crippen molar-refractivity contribution in [3.05, 3.63) is 35.6 Å². The maximum Gasteiger partial charge on any atom is 0.375 e. The van der Waals surface area contributed by atoms with E-state index < -0.39 is 5.97 Å². The Morgan fingerprint density at radius 2 is 2.36 bits per heavy atom. The summed E-state index contributed by atoms with van der Waals surface area (Å²) in [6.45, 7) is 0.557. The lowest BCUT2D eigenvalue weighted by atomic mass is 10.1. The van der Waals surface area contributed by atoms with Crippen LogP contribution >= 0.6 is 23.5 Å². The quantitative estimate of drug-likeness (QED) is 0.798. The van der Waals surface area contributed by atoms with Crippen LogP contribution in [0.3, 0.4) is 0 Å². The molecule has 2 heterocycles. The van der Waals surface area contributed by atoms with Gasteiger partial charge in [-0.25, -0.2) is 4.79 Å². The molecule has 3 rings (SSSR count). The summed E-state index contributed by atoms with van der Waals surface area (Å²) in [6, 6.07) is 9.27. The number of nitrogens with zero attached hydrogens (tertiary/aromatic N) is 2. The largest absolute Gasteiger partial charge is 0.449 e. The molecule has 1 aliphatic heterocycles. The van der Waals surface area contributed by atoms with Crippen molar-refractivity contribution in [1.29, 1.82) is 5.26 Å². The van der Waals surface area contributed by atoms with E-state index in [0.717, 1.165) is 27.6 Å². The zero-order valence-corrected chi connectivity index (χ0v) is 13.2. The maximum absolute atomic E-state index is 12.1. The summed E-state index contributed by atoms with van der Waals surface area (Å²) < 4.78 is 11.5. The van der Waals surface area contributed by atoms with Gasteiger partial charge in [-0.3, -0.25) is 4.99 Å². The van der Waals surface area contributed by atoms with Gasteiger partial charge in [0.25, 0.3) is 0 Å². The van der Waals surface area contributed by atoms with E-state index in [1.165, 1.54) is 0 Å². The molecule has 7 heteroatoms. The number of nitriles is 1. The van der Waals surface area contributed by atoms with Crippen LogP contribution in [0.1, 0.15) is 16.1 Å². The van der Waals surface area contributed by atoms with Crippen LogP contribution in [0.25, 0.3) is 11.0 Å². The van der Waals surface area contributed by atoms with Gasteiger partial charge in [-0.1, -0.05) is 41.7 Å². The highest BCUT2D eigenvalue weighted by Gasteiger charge is 2.22. The second-order valence-electron chi connectivity index (χ2n) is 4.42. The van der Waals surface area contributed by atoms with Crippen LogP contribution in [-0.4, -0.2) is 29.2 Å². The van der Waals surface area contributed by atoms with Crippen molar-refractivity contribution in [1.82, 2.24) is 0 Å². The second-order valence-corrected chi connectivity index (χ2v) is 6.73. The van der Waals surface area contributed by atoms with Crippen LogP contribution in [0.5, 0.6) is 0 Å². The van der Waals surface area contributed by atoms with Crippen molar-refractivity contribution < 1.29 is 13.9 Å². The smallest absolute Gasteiger partial charge is 0.375 e. The maximum atomic E-state index is 12.1. The Hall–Kier alpha value is -1.91. The molecular weight excluding hydrogens is 320 g/mol. The molecule has 112 valence electrons. The lowest BCUT2D eigenvalue weighted by Gasteiger charge is -2.02. The number of aliphatic imine (C=N–C) groups is 1. The number of hydrogen-bond acceptors (Lipinski definition) is 7. The molecule has 1 aromatic heterocycles. The van der Waals surface area contributed by atoms with E-state index >= 15 is 0 Å². The number of ether oxygens (including phenoxy) is 1. The molecule has 1 aliphatic rings. The minimum absolute atomic E-state index is 0.174. The van der Waals surface area contributed by atoms with E-state index in [4.69, 9.17) is 14.4 Å². The highest BCUT2D eigenvalue weighted by molar-refractivity contribution is 8.38. The number of hydrogen-bond donors (Lipinski definition) is 0. The van der Waals surface area contributed by atoms with Crippen molar-refractivity contribution in [2.45, 2.75) is 5.75 Å². The van der Waals surface area contributed by atoms with E-state index in [9.17, 15) is 4.79 Å². The van der Waals surface area contributed by atoms with Crippen LogP contribution in [0, 0.1) is 11.3 Å². The van der Waals surface area contributed by atoms with Gasteiger partial charge in [-0.2, -0.15) is 5.26 Å². The molecule has 0 unspecified atom stereocenters. The Morgan fingerprint density at radius 3 is 3.14 bits per heavy atom. The Bertz CT molecular complexity index is 777. The van der Waals surface area contributed by atoms with Crippen molar-refractivity contribution in [3.63, 3.8) is 0 Å². The number of rotatable bonds is 4. The van der Waals surface area contributed by atoms with Crippen LogP contribution in [-0.2, 0) is 10.5 Å². The highest BCUT2D eigenvalue weighted by Crippen LogP contribution is 2.32. The molecule has 5 nitrogen and oxygen atoms in total. The predicted molar refractivity (Wildman–Crippen MR) is 88.2 cm³/mol. The summed E-state index contributed by atoms with van der Waals surface area (Å²) in [5.74, 6) is 1.16. The zero-order chi connectivity index (χ0) is 15.4. The first kappa shape index (κ1) is 15.0. The molecule has 0 saturated carbocycles. The summed E-state index contributed by atoms with van der Waals surface area (Å²) in [5.41, 5.74) is 1.43. The summed E-state index contributed by atoms with van der Waals surface area (Å²) in [6.07, 6.45) is 0. The number of benzene rings is 1. The van der Waals surface area contributed by atoms with E-state index in [1.54, 1.807) is 29.6 Å². The van der Waals surface area contributed by atoms with Gasteiger partial charge in [-0.15, -0.1) is 0 Å². The fourth-order valence-corrected chi connectivity index (χ4v) is 4.14. The second kappa shape index (κ2) is 6.90. The van der Waals surface area contributed by atoms with Gasteiger partial charge in [0.2, 0.25) is 5.76 Å². The van der Waals surface area contributed by atoms with Gasteiger partial charge < -0.3 is 9.15 Å². The zero-order valence-electron chi connectivity index (χ0n) is 11.6. The molecule has 0 saturated heterocycles. The van der Waals surface area contributed by atoms with Crippen molar-refractivity contribution in [2.75, 3.05) is 18.9 Å². The lowest BCUT2D eigenvalue weighted by Crippen LogP contribution is -2.06. The van der Waals surface area contributed by atoms with Crippen LogP contribution in [0.4, 0.5) is 0 Å². The Morgan fingerprint density at radius 1 is 1.50 bits per heavy atom. The molecule has 0 atom stereocenters. The predicted octanol–water partition coefficient (Wildman–Crippen LogP) is 3.45. The van der Waals surface area contributed by atoms with Gasteiger partial charge in [0, 0.05) is 22.5 Å². The number of furan rings is 1. The van der Waals surface area contributed by atoms with Gasteiger partial charge in [0.1, 0.15) is 16.0 Å². The molecule has 0 amide bonds. The number of carbonyl (C=O) groups excluding carboxylic acids is 1. The van der Waals surface area contributed by atoms with E-state index in [0.29, 0.717) is 11.3 Å². The average Bonchev–Trinajstić information content (AvgIpc) is 3.17. The Labute approximate surface area is 135 Å². The number of thioether (sulfide) groups is 2. The van der Waals surface area contributed by atoms with Crippen molar-refractivity contribution in [2.24, 2.45) is 4.99 Å². The van der Waals surface area contributed by atoms with Crippen molar-refractivity contribution in [3.8, 4) is 6.07 Å². The first-order valence-electron chi connectivity index (χ1n) is 6.64. The van der Waals surface area contributed by atoms with Gasteiger partial charge in [0.05, 0.1) is 6.54 Å². The molecular formula is C15H12N2O3S2. The molecule has 0 aliphatic carbocycles. The molecule has 0 radical (unpaired) electrons. The highest BCUT2D eigenvalue weighted by atomic mass is 32.2. The number of fused-ring (bicyclic) bond motifs is 1. The summed E-state index contributed by atoms with van der Waals surface area (Å²) >= 11 is 3.31. The third kappa shape index (κ3) is 3.13. The molecule has 22 heavy (non-hydrogen) atoms. The molecule has 0 spiro atoms. The van der Waals surface area contributed by atoms with E-state index in [1.807, 2.05) is 24.3 Å². The molecule has 0 N–H and O–H groups in total. The number of esters is 1. The van der Waals surface area contributed by atoms with Crippen molar-refractivity contribution >= 4 is 44.8 Å². The van der Waals surface area contributed by atoms with Crippen LogP contribution < -0.4 is 0 Å². The van der Waals surface area contributed by atoms with E-state index in [-0.39, 0.29) is 12.4 Å². The molecule has 1 aromatic carbocycles. The minimum atomic E-state index is -0.602. The Kier molecular flexibility index (Phi) is 4.71. The van der Waals surface area contributed by atoms with E-state index in [2.05, 4.69) is 4.99 Å². The first-order valence-corrected chi connectivity index (χ1v) is 8.61. The molecule has 0 bridgehead atoms. The fraction of sp³-hybridized carbons (Fsp3) is 0.267. The lowest BCUT2D eigenvalue weighted by molar-refractivity contribution is 0.0520. The summed E-state index contributed by atoms with van der Waals surface area (Å²) in [5, 5.41) is 9.43. The average molecular weight is 332 g/mol. The molecule has 2 aromatic rings. The number of carbonyl (C=O) groups is 1. The normalized spacial score (nSPS) is 13.9.